The number of aromatic nitrogens is 1. The first-order chi connectivity index (χ1) is 11.9. The molecule has 2 aromatic rings. The molecular formula is C18H22N4O2. The maximum atomic E-state index is 6.01. The van der Waals surface area contributed by atoms with Crippen molar-refractivity contribution in [1.82, 2.24) is 10.3 Å². The summed E-state index contributed by atoms with van der Waals surface area (Å²) in [4.78, 5) is 6.74. The van der Waals surface area contributed by atoms with Crippen molar-refractivity contribution >= 4 is 11.4 Å². The smallest absolute Gasteiger partial charge is 0.237 e. The van der Waals surface area contributed by atoms with Crippen LogP contribution in [0.2, 0.25) is 0 Å². The highest BCUT2D eigenvalue weighted by atomic mass is 16.5. The van der Waals surface area contributed by atoms with Crippen molar-refractivity contribution in [2.75, 3.05) is 49.5 Å². The number of piperazine rings is 1. The molecule has 0 amide bonds. The summed E-state index contributed by atoms with van der Waals surface area (Å²) in [6.45, 7) is 5.11. The highest BCUT2D eigenvalue weighted by Crippen LogP contribution is 2.29. The molecule has 24 heavy (non-hydrogen) atoms. The van der Waals surface area contributed by atoms with Gasteiger partial charge in [0.1, 0.15) is 18.5 Å². The second-order valence-electron chi connectivity index (χ2n) is 5.99. The Morgan fingerprint density at radius 1 is 1.17 bits per heavy atom. The van der Waals surface area contributed by atoms with Gasteiger partial charge in [-0.15, -0.1) is 0 Å². The monoisotopic (exact) mass is 326 g/mol. The van der Waals surface area contributed by atoms with Gasteiger partial charge in [0, 0.05) is 32.4 Å². The lowest BCUT2D eigenvalue weighted by atomic mass is 10.2. The van der Waals surface area contributed by atoms with Crippen LogP contribution in [0.3, 0.4) is 0 Å². The number of fused-ring (bicyclic) bond motifs is 1. The molecule has 2 N–H and O–H groups in total. The van der Waals surface area contributed by atoms with Gasteiger partial charge in [-0.3, -0.25) is 0 Å². The van der Waals surface area contributed by atoms with Gasteiger partial charge in [-0.25, -0.2) is 4.98 Å². The molecule has 0 saturated carbocycles. The number of nitrogens with zero attached hydrogens (tertiary/aromatic N) is 2. The lowest BCUT2D eigenvalue weighted by Gasteiger charge is -2.31. The zero-order chi connectivity index (χ0) is 16.2. The second kappa shape index (κ2) is 6.97. The van der Waals surface area contributed by atoms with E-state index in [1.807, 2.05) is 30.3 Å². The largest absolute Gasteiger partial charge is 0.483 e. The molecule has 1 aromatic heterocycles. The number of hydrogen-bond acceptors (Lipinski definition) is 6. The van der Waals surface area contributed by atoms with Crippen molar-refractivity contribution in [1.29, 1.82) is 0 Å². The third-order valence-corrected chi connectivity index (χ3v) is 4.32. The summed E-state index contributed by atoms with van der Waals surface area (Å²) >= 11 is 0. The molecule has 126 valence electrons. The van der Waals surface area contributed by atoms with Gasteiger partial charge in [-0.1, -0.05) is 12.1 Å². The van der Waals surface area contributed by atoms with E-state index in [0.29, 0.717) is 12.5 Å². The fraction of sp³-hybridized carbons (Fsp3) is 0.389. The van der Waals surface area contributed by atoms with E-state index >= 15 is 0 Å². The van der Waals surface area contributed by atoms with Crippen molar-refractivity contribution < 1.29 is 9.47 Å². The van der Waals surface area contributed by atoms with Crippen LogP contribution in [-0.2, 0) is 0 Å². The van der Waals surface area contributed by atoms with Crippen molar-refractivity contribution in [3.8, 4) is 11.6 Å². The molecule has 1 saturated heterocycles. The fourth-order valence-corrected chi connectivity index (χ4v) is 3.07. The van der Waals surface area contributed by atoms with Crippen LogP contribution in [0.25, 0.3) is 0 Å². The van der Waals surface area contributed by atoms with Gasteiger partial charge in [0.15, 0.2) is 0 Å². The van der Waals surface area contributed by atoms with Crippen LogP contribution in [0.5, 0.6) is 11.6 Å². The van der Waals surface area contributed by atoms with Crippen LogP contribution in [0.15, 0.2) is 42.6 Å². The Morgan fingerprint density at radius 2 is 2.04 bits per heavy atom. The summed E-state index contributed by atoms with van der Waals surface area (Å²) in [7, 11) is 0. The number of pyridine rings is 1. The van der Waals surface area contributed by atoms with E-state index in [2.05, 4.69) is 26.6 Å². The van der Waals surface area contributed by atoms with Crippen LogP contribution in [0, 0.1) is 0 Å². The lowest BCUT2D eigenvalue weighted by Crippen LogP contribution is -2.43. The molecular weight excluding hydrogens is 304 g/mol. The predicted octanol–water partition coefficient (Wildman–Crippen LogP) is 1.74. The van der Waals surface area contributed by atoms with Crippen LogP contribution >= 0.6 is 0 Å². The Balaban J connectivity index is 1.41. The standard InChI is InChI=1S/C18H22N4O2/c1-2-6-17-15(4-1)21-12-14(24-17)13-23-18-16(5-3-7-20-18)22-10-8-19-9-11-22/h1-7,14,19,21H,8-13H2. The SMILES string of the molecule is c1ccc2c(c1)NCC(COc1ncccc1N1CCNCC1)O2. The van der Waals surface area contributed by atoms with Crippen LogP contribution in [0.4, 0.5) is 11.4 Å². The van der Waals surface area contributed by atoms with E-state index in [1.54, 1.807) is 6.20 Å². The van der Waals surface area contributed by atoms with E-state index < -0.39 is 0 Å². The summed E-state index contributed by atoms with van der Waals surface area (Å²) in [5, 5.41) is 6.75. The predicted molar refractivity (Wildman–Crippen MR) is 94.2 cm³/mol. The Morgan fingerprint density at radius 3 is 2.96 bits per heavy atom. The van der Waals surface area contributed by atoms with Gasteiger partial charge in [0.25, 0.3) is 0 Å². The molecule has 6 nitrogen and oxygen atoms in total. The van der Waals surface area contributed by atoms with Crippen molar-refractivity contribution in [3.05, 3.63) is 42.6 Å². The number of para-hydroxylation sites is 2. The molecule has 6 heteroatoms. The lowest BCUT2D eigenvalue weighted by molar-refractivity contribution is 0.130. The Bertz CT molecular complexity index is 688. The highest BCUT2D eigenvalue weighted by Gasteiger charge is 2.21. The minimum atomic E-state index is -0.0298. The third-order valence-electron chi connectivity index (χ3n) is 4.32. The summed E-state index contributed by atoms with van der Waals surface area (Å²) in [6.07, 6.45) is 1.74. The first-order valence-electron chi connectivity index (χ1n) is 8.43. The zero-order valence-corrected chi connectivity index (χ0v) is 13.6. The van der Waals surface area contributed by atoms with E-state index in [4.69, 9.17) is 9.47 Å². The maximum Gasteiger partial charge on any atom is 0.237 e. The van der Waals surface area contributed by atoms with E-state index in [1.165, 1.54) is 0 Å². The van der Waals surface area contributed by atoms with E-state index in [9.17, 15) is 0 Å². The molecule has 4 rings (SSSR count). The Labute approximate surface area is 141 Å². The van der Waals surface area contributed by atoms with Crippen molar-refractivity contribution in [3.63, 3.8) is 0 Å². The minimum Gasteiger partial charge on any atom is -0.483 e. The number of nitrogens with one attached hydrogen (secondary N) is 2. The fourth-order valence-electron chi connectivity index (χ4n) is 3.07. The van der Waals surface area contributed by atoms with Crippen LogP contribution in [-0.4, -0.2) is 50.4 Å². The average molecular weight is 326 g/mol. The summed E-state index contributed by atoms with van der Waals surface area (Å²) < 4.78 is 12.0. The number of rotatable bonds is 4. The van der Waals surface area contributed by atoms with Gasteiger partial charge in [-0.05, 0) is 24.3 Å². The van der Waals surface area contributed by atoms with Crippen LogP contribution < -0.4 is 25.0 Å². The van der Waals surface area contributed by atoms with Crippen LogP contribution in [0.1, 0.15) is 0 Å². The van der Waals surface area contributed by atoms with E-state index in [0.717, 1.165) is 49.8 Å². The van der Waals surface area contributed by atoms with Gasteiger partial charge < -0.3 is 25.0 Å². The van der Waals surface area contributed by atoms with Gasteiger partial charge in [-0.2, -0.15) is 0 Å². The number of benzene rings is 1. The van der Waals surface area contributed by atoms with E-state index in [-0.39, 0.29) is 6.10 Å². The molecule has 1 atom stereocenters. The molecule has 2 aliphatic rings. The van der Waals surface area contributed by atoms with Crippen molar-refractivity contribution in [2.24, 2.45) is 0 Å². The van der Waals surface area contributed by atoms with Crippen molar-refractivity contribution in [2.45, 2.75) is 6.10 Å². The van der Waals surface area contributed by atoms with Gasteiger partial charge in [0.05, 0.1) is 17.9 Å². The molecule has 1 fully saturated rings. The molecule has 0 aliphatic carbocycles. The highest BCUT2D eigenvalue weighted by molar-refractivity contribution is 5.58. The number of ether oxygens (including phenoxy) is 2. The zero-order valence-electron chi connectivity index (χ0n) is 13.6. The topological polar surface area (TPSA) is 58.7 Å². The second-order valence-corrected chi connectivity index (χ2v) is 5.99. The third kappa shape index (κ3) is 3.23. The number of hydrogen-bond donors (Lipinski definition) is 2. The van der Waals surface area contributed by atoms with Gasteiger partial charge in [0.2, 0.25) is 5.88 Å². The molecule has 1 aromatic carbocycles. The average Bonchev–Trinajstić information content (AvgIpc) is 2.67. The molecule has 1 unspecified atom stereocenters. The summed E-state index contributed by atoms with van der Waals surface area (Å²) in [6, 6.07) is 12.0. The quantitative estimate of drug-likeness (QED) is 0.893. The number of anilines is 2. The summed E-state index contributed by atoms with van der Waals surface area (Å²) in [5.74, 6) is 1.56. The Kier molecular flexibility index (Phi) is 4.38. The first-order valence-corrected chi connectivity index (χ1v) is 8.43. The maximum absolute atomic E-state index is 6.01. The Hall–Kier alpha value is -2.47. The minimum absolute atomic E-state index is 0.0298. The summed E-state index contributed by atoms with van der Waals surface area (Å²) in [5.41, 5.74) is 2.09. The first kappa shape index (κ1) is 15.1. The molecule has 0 radical (unpaired) electrons. The van der Waals surface area contributed by atoms with Gasteiger partial charge >= 0.3 is 0 Å². The normalized spacial score (nSPS) is 19.8. The molecule has 2 aliphatic heterocycles. The molecule has 0 bridgehead atoms. The molecule has 3 heterocycles. The molecule has 0 spiro atoms.